The molecule has 0 spiro atoms. The van der Waals surface area contributed by atoms with Crippen molar-refractivity contribution in [1.29, 1.82) is 0 Å². The smallest absolute Gasteiger partial charge is 0.167 e. The number of methoxy groups -OCH3 is 2. The minimum atomic E-state index is -0.664. The second-order valence-corrected chi connectivity index (χ2v) is 3.46. The van der Waals surface area contributed by atoms with Crippen molar-refractivity contribution >= 4 is 0 Å². The van der Waals surface area contributed by atoms with Crippen molar-refractivity contribution in [1.82, 2.24) is 0 Å². The van der Waals surface area contributed by atoms with E-state index in [1.807, 2.05) is 0 Å². The van der Waals surface area contributed by atoms with E-state index in [0.29, 0.717) is 22.6 Å². The van der Waals surface area contributed by atoms with Gasteiger partial charge in [0.1, 0.15) is 5.75 Å². The van der Waals surface area contributed by atoms with E-state index in [-0.39, 0.29) is 12.4 Å². The number of phenols is 1. The topological polar surface area (TPSA) is 84.9 Å². The number of aliphatic hydroxyl groups excluding tert-OH is 1. The minimum absolute atomic E-state index is 0.0534. The highest BCUT2D eigenvalue weighted by Crippen LogP contribution is 2.41. The summed E-state index contributed by atoms with van der Waals surface area (Å²) in [6, 6.07) is 0.942. The summed E-state index contributed by atoms with van der Waals surface area (Å²) in [5, 5.41) is 18.9. The van der Waals surface area contributed by atoms with Crippen LogP contribution in [0.15, 0.2) is 6.07 Å². The monoisotopic (exact) mass is 227 g/mol. The van der Waals surface area contributed by atoms with Crippen molar-refractivity contribution in [2.45, 2.75) is 13.0 Å². The van der Waals surface area contributed by atoms with Gasteiger partial charge in [0.2, 0.25) is 0 Å². The number of hydrogen-bond acceptors (Lipinski definition) is 5. The molecule has 1 aromatic rings. The predicted molar refractivity (Wildman–Crippen MR) is 60.0 cm³/mol. The average Bonchev–Trinajstić information content (AvgIpc) is 2.29. The van der Waals surface area contributed by atoms with E-state index >= 15 is 0 Å². The molecule has 0 aliphatic rings. The highest BCUT2D eigenvalue weighted by molar-refractivity contribution is 5.58. The molecular weight excluding hydrogens is 210 g/mol. The molecule has 0 saturated carbocycles. The summed E-state index contributed by atoms with van der Waals surface area (Å²) in [6.07, 6.45) is 0. The summed E-state index contributed by atoms with van der Waals surface area (Å²) in [7, 11) is 2.98. The number of aromatic hydroxyl groups is 1. The van der Waals surface area contributed by atoms with Crippen LogP contribution in [0.4, 0.5) is 0 Å². The lowest BCUT2D eigenvalue weighted by Crippen LogP contribution is -2.15. The zero-order chi connectivity index (χ0) is 12.3. The number of nitrogens with two attached hydrogens (primary N) is 1. The molecule has 0 unspecified atom stereocenters. The number of hydrogen-bond donors (Lipinski definition) is 3. The van der Waals surface area contributed by atoms with Gasteiger partial charge in [-0.3, -0.25) is 0 Å². The summed E-state index contributed by atoms with van der Waals surface area (Å²) in [5.74, 6) is 0.828. The first kappa shape index (κ1) is 12.6. The maximum absolute atomic E-state index is 9.92. The first-order chi connectivity index (χ1) is 7.56. The summed E-state index contributed by atoms with van der Waals surface area (Å²) >= 11 is 0. The lowest BCUT2D eigenvalue weighted by atomic mass is 10.0. The third-order valence-electron chi connectivity index (χ3n) is 2.51. The Morgan fingerprint density at radius 3 is 2.44 bits per heavy atom. The van der Waals surface area contributed by atoms with E-state index in [0.717, 1.165) is 0 Å². The van der Waals surface area contributed by atoms with Gasteiger partial charge in [0.15, 0.2) is 11.5 Å². The number of ether oxygens (including phenoxy) is 2. The summed E-state index contributed by atoms with van der Waals surface area (Å²) in [6.45, 7) is 1.51. The lowest BCUT2D eigenvalue weighted by molar-refractivity contribution is 0.263. The predicted octanol–water partition coefficient (Wildman–Crippen LogP) is 0.710. The lowest BCUT2D eigenvalue weighted by Gasteiger charge is -2.17. The first-order valence-corrected chi connectivity index (χ1v) is 4.87. The molecule has 0 aliphatic carbocycles. The molecule has 0 heterocycles. The number of rotatable bonds is 4. The van der Waals surface area contributed by atoms with Gasteiger partial charge in [-0.25, -0.2) is 0 Å². The molecule has 0 amide bonds. The quantitative estimate of drug-likeness (QED) is 0.705. The molecule has 0 aliphatic heterocycles. The Hall–Kier alpha value is -1.46. The van der Waals surface area contributed by atoms with Crippen molar-refractivity contribution < 1.29 is 19.7 Å². The van der Waals surface area contributed by atoms with Crippen molar-refractivity contribution in [3.05, 3.63) is 17.2 Å². The number of phenolic OH excluding ortho intramolecular Hbond substituents is 1. The van der Waals surface area contributed by atoms with Crippen molar-refractivity contribution in [3.8, 4) is 17.2 Å². The highest BCUT2D eigenvalue weighted by atomic mass is 16.5. The third kappa shape index (κ3) is 2.05. The Morgan fingerprint density at radius 2 is 2.00 bits per heavy atom. The van der Waals surface area contributed by atoms with Gasteiger partial charge in [-0.2, -0.15) is 0 Å². The Morgan fingerprint density at radius 1 is 1.38 bits per heavy atom. The fraction of sp³-hybridized carbons (Fsp3) is 0.455. The normalized spacial score (nSPS) is 12.3. The molecule has 0 fully saturated rings. The van der Waals surface area contributed by atoms with E-state index in [9.17, 15) is 5.11 Å². The van der Waals surface area contributed by atoms with E-state index in [4.69, 9.17) is 20.3 Å². The molecule has 1 aromatic carbocycles. The fourth-order valence-corrected chi connectivity index (χ4v) is 1.58. The zero-order valence-corrected chi connectivity index (χ0v) is 9.65. The summed E-state index contributed by atoms with van der Waals surface area (Å²) < 4.78 is 10.2. The van der Waals surface area contributed by atoms with E-state index < -0.39 is 6.04 Å². The van der Waals surface area contributed by atoms with Gasteiger partial charge in [0, 0.05) is 11.1 Å². The van der Waals surface area contributed by atoms with Gasteiger partial charge in [-0.1, -0.05) is 0 Å². The van der Waals surface area contributed by atoms with Gasteiger partial charge in [0.05, 0.1) is 26.9 Å². The maximum atomic E-state index is 9.92. The van der Waals surface area contributed by atoms with E-state index in [2.05, 4.69) is 0 Å². The van der Waals surface area contributed by atoms with Crippen molar-refractivity contribution in [2.75, 3.05) is 20.8 Å². The average molecular weight is 227 g/mol. The Labute approximate surface area is 94.4 Å². The van der Waals surface area contributed by atoms with Crippen LogP contribution in [-0.2, 0) is 0 Å². The third-order valence-corrected chi connectivity index (χ3v) is 2.51. The molecule has 5 nitrogen and oxygen atoms in total. The van der Waals surface area contributed by atoms with Crippen LogP contribution in [0.1, 0.15) is 17.2 Å². The fourth-order valence-electron chi connectivity index (χ4n) is 1.58. The van der Waals surface area contributed by atoms with Crippen LogP contribution in [0.3, 0.4) is 0 Å². The second-order valence-electron chi connectivity index (χ2n) is 3.46. The van der Waals surface area contributed by atoms with Gasteiger partial charge >= 0.3 is 0 Å². The zero-order valence-electron chi connectivity index (χ0n) is 9.65. The molecular formula is C11H17NO4. The standard InChI is InChI=1S/C11H17NO4/c1-6-9(15-2)4-7(8(12)5-13)10(14)11(6)16-3/h4,8,13-14H,5,12H2,1-3H3/t8-/m0/s1. The molecule has 0 aromatic heterocycles. The van der Waals surface area contributed by atoms with Crippen molar-refractivity contribution in [3.63, 3.8) is 0 Å². The van der Waals surface area contributed by atoms with Crippen LogP contribution in [0.25, 0.3) is 0 Å². The second kappa shape index (κ2) is 5.05. The van der Waals surface area contributed by atoms with Gasteiger partial charge in [0.25, 0.3) is 0 Å². The molecule has 16 heavy (non-hydrogen) atoms. The van der Waals surface area contributed by atoms with Gasteiger partial charge in [-0.15, -0.1) is 0 Å². The highest BCUT2D eigenvalue weighted by Gasteiger charge is 2.19. The molecule has 1 atom stereocenters. The molecule has 1 rings (SSSR count). The Balaban J connectivity index is 3.40. The van der Waals surface area contributed by atoms with Crippen LogP contribution in [0, 0.1) is 6.92 Å². The molecule has 4 N–H and O–H groups in total. The maximum Gasteiger partial charge on any atom is 0.167 e. The molecule has 90 valence electrons. The number of benzene rings is 1. The Kier molecular flexibility index (Phi) is 3.98. The van der Waals surface area contributed by atoms with Crippen LogP contribution < -0.4 is 15.2 Å². The van der Waals surface area contributed by atoms with E-state index in [1.165, 1.54) is 14.2 Å². The Bertz CT molecular complexity index is 379. The minimum Gasteiger partial charge on any atom is -0.504 e. The molecule has 0 saturated heterocycles. The summed E-state index contributed by atoms with van der Waals surface area (Å²) in [5.41, 5.74) is 6.77. The van der Waals surface area contributed by atoms with Crippen molar-refractivity contribution in [2.24, 2.45) is 5.73 Å². The molecule has 5 heteroatoms. The first-order valence-electron chi connectivity index (χ1n) is 4.87. The van der Waals surface area contributed by atoms with E-state index in [1.54, 1.807) is 13.0 Å². The molecule has 0 bridgehead atoms. The van der Waals surface area contributed by atoms with Crippen LogP contribution in [0.2, 0.25) is 0 Å². The SMILES string of the molecule is COc1cc([C@@H](N)CO)c(O)c(OC)c1C. The number of aliphatic hydroxyl groups is 1. The van der Waals surface area contributed by atoms with Crippen LogP contribution in [0.5, 0.6) is 17.2 Å². The summed E-state index contributed by atoms with van der Waals surface area (Å²) in [4.78, 5) is 0. The van der Waals surface area contributed by atoms with Gasteiger partial charge in [-0.05, 0) is 13.0 Å². The van der Waals surface area contributed by atoms with Gasteiger partial charge < -0.3 is 25.4 Å². The van der Waals surface area contributed by atoms with Crippen LogP contribution in [-0.4, -0.2) is 31.0 Å². The largest absolute Gasteiger partial charge is 0.504 e. The van der Waals surface area contributed by atoms with Crippen LogP contribution >= 0.6 is 0 Å². The molecule has 0 radical (unpaired) electrons.